The van der Waals surface area contributed by atoms with Gasteiger partial charge in [0.2, 0.25) is 0 Å². The summed E-state index contributed by atoms with van der Waals surface area (Å²) in [5, 5.41) is 14.1. The first-order valence-corrected chi connectivity index (χ1v) is 8.34. The Balaban J connectivity index is 2.05. The smallest absolute Gasteiger partial charge is 0.0957 e. The molecule has 1 fully saturated rings. The van der Waals surface area contributed by atoms with E-state index in [1.165, 1.54) is 6.42 Å². The topological polar surface area (TPSA) is 33.1 Å². The second-order valence-corrected chi connectivity index (χ2v) is 8.26. The summed E-state index contributed by atoms with van der Waals surface area (Å²) >= 11 is 1.71. The van der Waals surface area contributed by atoms with Crippen LogP contribution in [0.15, 0.2) is 5.38 Å². The molecule has 1 aliphatic carbocycles. The molecular weight excluding hydrogens is 254 g/mol. The van der Waals surface area contributed by atoms with Gasteiger partial charge in [-0.1, -0.05) is 40.5 Å². The van der Waals surface area contributed by atoms with Gasteiger partial charge in [-0.05, 0) is 25.2 Å². The van der Waals surface area contributed by atoms with Crippen LogP contribution in [0.1, 0.15) is 70.5 Å². The van der Waals surface area contributed by atoms with Crippen LogP contribution >= 0.6 is 11.3 Å². The third kappa shape index (κ3) is 4.03. The minimum absolute atomic E-state index is 0.106. The maximum Gasteiger partial charge on any atom is 0.0957 e. The van der Waals surface area contributed by atoms with Crippen molar-refractivity contribution in [3.8, 4) is 0 Å². The quantitative estimate of drug-likeness (QED) is 0.819. The summed E-state index contributed by atoms with van der Waals surface area (Å²) in [6.07, 6.45) is 6.15. The van der Waals surface area contributed by atoms with Crippen molar-refractivity contribution in [3.63, 3.8) is 0 Å². The number of aliphatic hydroxyl groups is 1. The minimum Gasteiger partial charge on any atom is -0.389 e. The molecule has 19 heavy (non-hydrogen) atoms. The lowest BCUT2D eigenvalue weighted by Crippen LogP contribution is -2.30. The van der Waals surface area contributed by atoms with E-state index in [1.54, 1.807) is 11.3 Å². The number of aromatic nitrogens is 1. The number of hydrogen-bond acceptors (Lipinski definition) is 3. The van der Waals surface area contributed by atoms with Crippen LogP contribution in [0.3, 0.4) is 0 Å². The number of thiazole rings is 1. The highest BCUT2D eigenvalue weighted by Crippen LogP contribution is 2.34. The fourth-order valence-corrected chi connectivity index (χ4v) is 3.92. The van der Waals surface area contributed by atoms with Gasteiger partial charge in [-0.2, -0.15) is 0 Å². The van der Waals surface area contributed by atoms with E-state index in [2.05, 4.69) is 33.1 Å². The molecule has 0 spiro atoms. The van der Waals surface area contributed by atoms with E-state index >= 15 is 0 Å². The van der Waals surface area contributed by atoms with Crippen LogP contribution < -0.4 is 0 Å². The molecule has 3 heteroatoms. The van der Waals surface area contributed by atoms with Crippen molar-refractivity contribution in [1.82, 2.24) is 4.98 Å². The molecule has 1 heterocycles. The second kappa shape index (κ2) is 5.53. The van der Waals surface area contributed by atoms with E-state index < -0.39 is 5.60 Å². The molecule has 0 bridgehead atoms. The Hall–Kier alpha value is -0.410. The van der Waals surface area contributed by atoms with E-state index in [-0.39, 0.29) is 5.41 Å². The van der Waals surface area contributed by atoms with Gasteiger partial charge >= 0.3 is 0 Å². The van der Waals surface area contributed by atoms with Crippen LogP contribution in [-0.4, -0.2) is 15.7 Å². The maximum atomic E-state index is 10.8. The normalized spacial score (nSPS) is 29.2. The molecule has 2 rings (SSSR count). The summed E-state index contributed by atoms with van der Waals surface area (Å²) in [6.45, 7) is 8.86. The summed E-state index contributed by atoms with van der Waals surface area (Å²) in [4.78, 5) is 4.73. The number of hydrogen-bond donors (Lipinski definition) is 1. The van der Waals surface area contributed by atoms with Crippen molar-refractivity contribution >= 4 is 11.3 Å². The first-order chi connectivity index (χ1) is 8.78. The van der Waals surface area contributed by atoms with E-state index in [1.807, 2.05) is 0 Å². The molecule has 2 unspecified atom stereocenters. The highest BCUT2D eigenvalue weighted by molar-refractivity contribution is 7.09. The Kier molecular flexibility index (Phi) is 4.36. The molecule has 2 atom stereocenters. The molecular formula is C16H27NOS. The molecule has 0 amide bonds. The third-order valence-electron chi connectivity index (χ3n) is 4.24. The molecule has 0 aliphatic heterocycles. The van der Waals surface area contributed by atoms with Crippen molar-refractivity contribution < 1.29 is 5.11 Å². The minimum atomic E-state index is -0.516. The van der Waals surface area contributed by atoms with Gasteiger partial charge in [0.05, 0.1) is 16.3 Å². The van der Waals surface area contributed by atoms with Gasteiger partial charge in [0.25, 0.3) is 0 Å². The summed E-state index contributed by atoms with van der Waals surface area (Å²) in [5.74, 6) is 0.760. The molecule has 1 aromatic heterocycles. The summed E-state index contributed by atoms with van der Waals surface area (Å²) in [7, 11) is 0. The summed E-state index contributed by atoms with van der Waals surface area (Å²) in [5.41, 5.74) is 0.741. The van der Waals surface area contributed by atoms with Gasteiger partial charge in [-0.15, -0.1) is 11.3 Å². The van der Waals surface area contributed by atoms with Crippen LogP contribution in [0, 0.1) is 5.92 Å². The number of rotatable bonds is 2. The maximum absolute atomic E-state index is 10.8. The van der Waals surface area contributed by atoms with E-state index in [4.69, 9.17) is 4.98 Å². The standard InChI is InChI=1S/C16H27NOS/c1-12-6-5-8-16(18,9-7-12)10-14-17-13(11-19-14)15(2,3)4/h11-12,18H,5-10H2,1-4H3. The highest BCUT2D eigenvalue weighted by Gasteiger charge is 2.31. The molecule has 0 saturated heterocycles. The van der Waals surface area contributed by atoms with Crippen LogP contribution in [-0.2, 0) is 11.8 Å². The van der Waals surface area contributed by atoms with Gasteiger partial charge in [-0.3, -0.25) is 0 Å². The molecule has 1 saturated carbocycles. The lowest BCUT2D eigenvalue weighted by Gasteiger charge is -2.25. The average molecular weight is 281 g/mol. The lowest BCUT2D eigenvalue weighted by molar-refractivity contribution is 0.0243. The van der Waals surface area contributed by atoms with Gasteiger partial charge in [0, 0.05) is 17.2 Å². The van der Waals surface area contributed by atoms with Crippen molar-refractivity contribution in [2.75, 3.05) is 0 Å². The average Bonchev–Trinajstić information content (AvgIpc) is 2.68. The zero-order valence-electron chi connectivity index (χ0n) is 12.7. The Labute approximate surface area is 121 Å². The van der Waals surface area contributed by atoms with Gasteiger partial charge < -0.3 is 5.11 Å². The highest BCUT2D eigenvalue weighted by atomic mass is 32.1. The van der Waals surface area contributed by atoms with Crippen molar-refractivity contribution in [2.24, 2.45) is 5.92 Å². The van der Waals surface area contributed by atoms with Gasteiger partial charge in [-0.25, -0.2) is 4.98 Å². The lowest BCUT2D eigenvalue weighted by atomic mass is 9.90. The number of nitrogens with zero attached hydrogens (tertiary/aromatic N) is 1. The monoisotopic (exact) mass is 281 g/mol. The van der Waals surface area contributed by atoms with Crippen LogP contribution in [0.4, 0.5) is 0 Å². The van der Waals surface area contributed by atoms with Crippen molar-refractivity contribution in [1.29, 1.82) is 0 Å². The first kappa shape index (κ1) is 15.0. The Bertz CT molecular complexity index is 421. The fourth-order valence-electron chi connectivity index (χ4n) is 2.76. The van der Waals surface area contributed by atoms with E-state index in [0.717, 1.165) is 48.7 Å². The predicted molar refractivity (Wildman–Crippen MR) is 81.7 cm³/mol. The van der Waals surface area contributed by atoms with Gasteiger partial charge in [0.15, 0.2) is 0 Å². The van der Waals surface area contributed by atoms with Crippen LogP contribution in [0.25, 0.3) is 0 Å². The Morgan fingerprint density at radius 3 is 2.74 bits per heavy atom. The predicted octanol–water partition coefficient (Wildman–Crippen LogP) is 4.31. The van der Waals surface area contributed by atoms with Crippen LogP contribution in [0.5, 0.6) is 0 Å². The zero-order valence-corrected chi connectivity index (χ0v) is 13.5. The van der Waals surface area contributed by atoms with E-state index in [9.17, 15) is 5.11 Å². The fraction of sp³-hybridized carbons (Fsp3) is 0.812. The summed E-state index contributed by atoms with van der Waals surface area (Å²) < 4.78 is 0. The molecule has 0 aromatic carbocycles. The largest absolute Gasteiger partial charge is 0.389 e. The van der Waals surface area contributed by atoms with Crippen molar-refractivity contribution in [3.05, 3.63) is 16.1 Å². The Morgan fingerprint density at radius 2 is 2.11 bits per heavy atom. The van der Waals surface area contributed by atoms with Crippen LogP contribution in [0.2, 0.25) is 0 Å². The molecule has 1 aromatic rings. The Morgan fingerprint density at radius 1 is 1.37 bits per heavy atom. The summed E-state index contributed by atoms with van der Waals surface area (Å²) in [6, 6.07) is 0. The molecule has 108 valence electrons. The first-order valence-electron chi connectivity index (χ1n) is 7.46. The molecule has 2 nitrogen and oxygen atoms in total. The molecule has 1 aliphatic rings. The van der Waals surface area contributed by atoms with E-state index in [0.29, 0.717) is 0 Å². The molecule has 0 radical (unpaired) electrons. The second-order valence-electron chi connectivity index (χ2n) is 7.31. The zero-order chi connectivity index (χ0) is 14.1. The third-order valence-corrected chi connectivity index (χ3v) is 5.09. The van der Waals surface area contributed by atoms with Crippen molar-refractivity contribution in [2.45, 2.75) is 77.2 Å². The molecule has 1 N–H and O–H groups in total. The SMILES string of the molecule is CC1CCCC(O)(Cc2nc(C(C)(C)C)cs2)CC1. The van der Waals surface area contributed by atoms with Gasteiger partial charge in [0.1, 0.15) is 0 Å².